The third-order valence-electron chi connectivity index (χ3n) is 6.18. The molecule has 1 aliphatic carbocycles. The van der Waals surface area contributed by atoms with Gasteiger partial charge < -0.3 is 15.4 Å². The van der Waals surface area contributed by atoms with Crippen LogP contribution in [0.3, 0.4) is 0 Å². The number of ether oxygens (including phenoxy) is 1. The maximum absolute atomic E-state index is 13.8. The standard InChI is InChI=1S/C23H28ClF3N4O/c24-19-14-29-21(30-16-4-2-1-3-5-16)12-17(19)22-18(23(25,26)27)6-7-20(31-22)28-13-15-8-10-32-11-9-15/h6-7,12,14-16H,1-5,8-11,13H2,(H,28,31)(H,29,30). The molecule has 32 heavy (non-hydrogen) atoms. The summed E-state index contributed by atoms with van der Waals surface area (Å²) in [5.74, 6) is 1.33. The molecule has 0 bridgehead atoms. The molecule has 0 spiro atoms. The molecule has 0 radical (unpaired) electrons. The van der Waals surface area contributed by atoms with Gasteiger partial charge in [0.25, 0.3) is 0 Å². The lowest BCUT2D eigenvalue weighted by atomic mass is 9.95. The van der Waals surface area contributed by atoms with Crippen LogP contribution >= 0.6 is 11.6 Å². The van der Waals surface area contributed by atoms with Crippen LogP contribution in [0.15, 0.2) is 24.4 Å². The molecule has 2 fully saturated rings. The van der Waals surface area contributed by atoms with Gasteiger partial charge in [-0.3, -0.25) is 0 Å². The molecular formula is C23H28ClF3N4O. The molecule has 0 aromatic carbocycles. The first-order valence-corrected chi connectivity index (χ1v) is 11.6. The number of hydrogen-bond acceptors (Lipinski definition) is 5. The van der Waals surface area contributed by atoms with Crippen LogP contribution in [-0.2, 0) is 10.9 Å². The minimum Gasteiger partial charge on any atom is -0.381 e. The van der Waals surface area contributed by atoms with Gasteiger partial charge in [0.2, 0.25) is 0 Å². The summed E-state index contributed by atoms with van der Waals surface area (Å²) in [4.78, 5) is 8.63. The Morgan fingerprint density at radius 2 is 1.78 bits per heavy atom. The largest absolute Gasteiger partial charge is 0.418 e. The fourth-order valence-corrected chi connectivity index (χ4v) is 4.54. The summed E-state index contributed by atoms with van der Waals surface area (Å²) in [6.07, 6.45) is 4.23. The molecule has 0 unspecified atom stereocenters. The van der Waals surface area contributed by atoms with E-state index < -0.39 is 11.7 Å². The van der Waals surface area contributed by atoms with Crippen molar-refractivity contribution in [3.8, 4) is 11.3 Å². The Labute approximate surface area is 191 Å². The van der Waals surface area contributed by atoms with Crippen LogP contribution in [0.4, 0.5) is 24.8 Å². The lowest BCUT2D eigenvalue weighted by molar-refractivity contribution is -0.137. The first-order chi connectivity index (χ1) is 15.4. The van der Waals surface area contributed by atoms with Crippen molar-refractivity contribution in [1.82, 2.24) is 9.97 Å². The van der Waals surface area contributed by atoms with E-state index in [9.17, 15) is 13.2 Å². The summed E-state index contributed by atoms with van der Waals surface area (Å²) in [6, 6.07) is 4.30. The topological polar surface area (TPSA) is 59.1 Å². The Morgan fingerprint density at radius 1 is 1.03 bits per heavy atom. The number of alkyl halides is 3. The molecular weight excluding hydrogens is 441 g/mol. The molecule has 9 heteroatoms. The van der Waals surface area contributed by atoms with Crippen molar-refractivity contribution in [2.75, 3.05) is 30.4 Å². The number of rotatable bonds is 6. The number of aromatic nitrogens is 2. The number of anilines is 2. The zero-order valence-electron chi connectivity index (χ0n) is 17.8. The molecule has 2 aromatic heterocycles. The first kappa shape index (κ1) is 23.1. The van der Waals surface area contributed by atoms with Gasteiger partial charge in [-0.1, -0.05) is 30.9 Å². The highest BCUT2D eigenvalue weighted by molar-refractivity contribution is 6.33. The third kappa shape index (κ3) is 5.84. The Kier molecular flexibility index (Phi) is 7.40. The van der Waals surface area contributed by atoms with Crippen molar-refractivity contribution in [3.05, 3.63) is 35.0 Å². The first-order valence-electron chi connectivity index (χ1n) is 11.2. The Balaban J connectivity index is 1.61. The molecule has 1 saturated carbocycles. The number of halogens is 4. The third-order valence-corrected chi connectivity index (χ3v) is 6.48. The van der Waals surface area contributed by atoms with Crippen LogP contribution in [0.5, 0.6) is 0 Å². The molecule has 0 amide bonds. The summed E-state index contributed by atoms with van der Waals surface area (Å²) < 4.78 is 46.8. The molecule has 174 valence electrons. The second-order valence-corrected chi connectivity index (χ2v) is 8.96. The van der Waals surface area contributed by atoms with E-state index >= 15 is 0 Å². The van der Waals surface area contributed by atoms with Crippen LogP contribution in [0.1, 0.15) is 50.5 Å². The van der Waals surface area contributed by atoms with Crippen molar-refractivity contribution in [1.29, 1.82) is 0 Å². The van der Waals surface area contributed by atoms with Crippen LogP contribution in [-0.4, -0.2) is 35.8 Å². The molecule has 2 N–H and O–H groups in total. The van der Waals surface area contributed by atoms with Gasteiger partial charge in [0, 0.05) is 37.6 Å². The van der Waals surface area contributed by atoms with Gasteiger partial charge >= 0.3 is 6.18 Å². The van der Waals surface area contributed by atoms with E-state index in [2.05, 4.69) is 20.6 Å². The molecule has 2 aromatic rings. The van der Waals surface area contributed by atoms with Crippen LogP contribution in [0.2, 0.25) is 5.02 Å². The molecule has 1 aliphatic heterocycles. The van der Waals surface area contributed by atoms with Gasteiger partial charge in [0.1, 0.15) is 11.6 Å². The normalized spacial score (nSPS) is 18.5. The lowest BCUT2D eigenvalue weighted by Gasteiger charge is -2.24. The van der Waals surface area contributed by atoms with Gasteiger partial charge in [0.05, 0.1) is 16.3 Å². The highest BCUT2D eigenvalue weighted by Crippen LogP contribution is 2.40. The zero-order valence-corrected chi connectivity index (χ0v) is 18.6. The molecule has 5 nitrogen and oxygen atoms in total. The Bertz CT molecular complexity index is 913. The van der Waals surface area contributed by atoms with E-state index in [1.54, 1.807) is 6.07 Å². The van der Waals surface area contributed by atoms with Crippen molar-refractivity contribution in [3.63, 3.8) is 0 Å². The van der Waals surface area contributed by atoms with E-state index in [0.29, 0.717) is 37.3 Å². The Hall–Kier alpha value is -2.06. The number of nitrogens with one attached hydrogen (secondary N) is 2. The number of pyridine rings is 2. The van der Waals surface area contributed by atoms with Gasteiger partial charge in [-0.05, 0) is 49.8 Å². The number of nitrogens with zero attached hydrogens (tertiary/aromatic N) is 2. The number of hydrogen-bond donors (Lipinski definition) is 2. The van der Waals surface area contributed by atoms with E-state index in [-0.39, 0.29) is 22.3 Å². The van der Waals surface area contributed by atoms with Crippen molar-refractivity contribution in [2.45, 2.75) is 57.2 Å². The summed E-state index contributed by atoms with van der Waals surface area (Å²) in [7, 11) is 0. The molecule has 1 saturated heterocycles. The minimum atomic E-state index is -4.55. The molecule has 3 heterocycles. The average molecular weight is 469 g/mol. The SMILES string of the molecule is FC(F)(F)c1ccc(NCC2CCOCC2)nc1-c1cc(NC2CCCCC2)ncc1Cl. The maximum Gasteiger partial charge on any atom is 0.418 e. The van der Waals surface area contributed by atoms with E-state index in [1.807, 2.05) is 0 Å². The van der Waals surface area contributed by atoms with Crippen molar-refractivity contribution in [2.24, 2.45) is 5.92 Å². The molecule has 0 atom stereocenters. The van der Waals surface area contributed by atoms with Crippen molar-refractivity contribution < 1.29 is 17.9 Å². The summed E-state index contributed by atoms with van der Waals surface area (Å²) in [6.45, 7) is 2.06. The molecule has 4 rings (SSSR count). The van der Waals surface area contributed by atoms with E-state index in [1.165, 1.54) is 18.7 Å². The highest BCUT2D eigenvalue weighted by atomic mass is 35.5. The quantitative estimate of drug-likeness (QED) is 0.513. The monoisotopic (exact) mass is 468 g/mol. The van der Waals surface area contributed by atoms with Gasteiger partial charge in [0.15, 0.2) is 0 Å². The van der Waals surface area contributed by atoms with Gasteiger partial charge in [-0.15, -0.1) is 0 Å². The van der Waals surface area contributed by atoms with Gasteiger partial charge in [-0.25, -0.2) is 9.97 Å². The predicted octanol–water partition coefficient (Wildman–Crippen LogP) is 6.40. The van der Waals surface area contributed by atoms with Crippen LogP contribution in [0.25, 0.3) is 11.3 Å². The van der Waals surface area contributed by atoms with E-state index in [4.69, 9.17) is 16.3 Å². The van der Waals surface area contributed by atoms with Crippen LogP contribution < -0.4 is 10.6 Å². The fraction of sp³-hybridized carbons (Fsp3) is 0.565. The smallest absolute Gasteiger partial charge is 0.381 e. The maximum atomic E-state index is 13.8. The predicted molar refractivity (Wildman–Crippen MR) is 120 cm³/mol. The summed E-state index contributed by atoms with van der Waals surface area (Å²) in [5, 5.41) is 6.69. The Morgan fingerprint density at radius 3 is 2.50 bits per heavy atom. The summed E-state index contributed by atoms with van der Waals surface area (Å²) in [5.41, 5.74) is -0.776. The van der Waals surface area contributed by atoms with Gasteiger partial charge in [-0.2, -0.15) is 13.2 Å². The summed E-state index contributed by atoms with van der Waals surface area (Å²) >= 11 is 6.31. The second kappa shape index (κ2) is 10.3. The highest BCUT2D eigenvalue weighted by Gasteiger charge is 2.35. The lowest BCUT2D eigenvalue weighted by Crippen LogP contribution is -2.23. The minimum absolute atomic E-state index is 0.138. The van der Waals surface area contributed by atoms with Crippen LogP contribution in [0, 0.1) is 5.92 Å². The zero-order chi connectivity index (χ0) is 22.6. The average Bonchev–Trinajstić information content (AvgIpc) is 2.79. The van der Waals surface area contributed by atoms with Crippen molar-refractivity contribution >= 4 is 23.2 Å². The molecule has 2 aliphatic rings. The fourth-order valence-electron chi connectivity index (χ4n) is 4.35. The second-order valence-electron chi connectivity index (χ2n) is 8.56. The van der Waals surface area contributed by atoms with E-state index in [0.717, 1.165) is 44.6 Å².